The SMILES string of the molecule is CCN(C[C@H]1COc2ccccc2O1)C(=O)CN1C(=O)N[C@@](C)(c2cc3ccccc3o2)C1=O. The van der Waals surface area contributed by atoms with Crippen molar-refractivity contribution in [3.8, 4) is 11.5 Å². The van der Waals surface area contributed by atoms with Gasteiger partial charge in [0.1, 0.15) is 24.5 Å². The third-order valence-corrected chi connectivity index (χ3v) is 6.21. The maximum atomic E-state index is 13.3. The molecule has 34 heavy (non-hydrogen) atoms. The third kappa shape index (κ3) is 3.72. The first-order valence-corrected chi connectivity index (χ1v) is 11.2. The van der Waals surface area contributed by atoms with Gasteiger partial charge in [0.2, 0.25) is 5.91 Å². The number of ether oxygens (including phenoxy) is 2. The van der Waals surface area contributed by atoms with Crippen LogP contribution < -0.4 is 14.8 Å². The first-order valence-electron chi connectivity index (χ1n) is 11.2. The molecule has 1 aromatic heterocycles. The van der Waals surface area contributed by atoms with E-state index in [4.69, 9.17) is 13.9 Å². The van der Waals surface area contributed by atoms with Crippen molar-refractivity contribution in [2.75, 3.05) is 26.2 Å². The fourth-order valence-electron chi connectivity index (χ4n) is 4.28. The zero-order valence-corrected chi connectivity index (χ0v) is 18.9. The highest BCUT2D eigenvalue weighted by Crippen LogP contribution is 2.33. The highest BCUT2D eigenvalue weighted by Gasteiger charge is 2.52. The molecule has 0 radical (unpaired) electrons. The zero-order valence-electron chi connectivity index (χ0n) is 18.9. The Bertz CT molecular complexity index is 1240. The lowest BCUT2D eigenvalue weighted by Gasteiger charge is -2.31. The van der Waals surface area contributed by atoms with Crippen LogP contribution in [0.5, 0.6) is 11.5 Å². The molecule has 2 atom stereocenters. The predicted octanol–water partition coefficient (Wildman–Crippen LogP) is 2.89. The Hall–Kier alpha value is -4.01. The smallest absolute Gasteiger partial charge is 0.325 e. The number of furan rings is 1. The van der Waals surface area contributed by atoms with Crippen LogP contribution in [0.1, 0.15) is 19.6 Å². The van der Waals surface area contributed by atoms with Crippen molar-refractivity contribution >= 4 is 28.8 Å². The summed E-state index contributed by atoms with van der Waals surface area (Å²) in [5, 5.41) is 3.51. The van der Waals surface area contributed by atoms with E-state index in [9.17, 15) is 14.4 Å². The van der Waals surface area contributed by atoms with E-state index < -0.39 is 17.5 Å². The monoisotopic (exact) mass is 463 g/mol. The van der Waals surface area contributed by atoms with Crippen LogP contribution in [0.4, 0.5) is 4.79 Å². The van der Waals surface area contributed by atoms with Crippen LogP contribution in [0.3, 0.4) is 0 Å². The molecule has 2 aromatic carbocycles. The summed E-state index contributed by atoms with van der Waals surface area (Å²) >= 11 is 0. The van der Waals surface area contributed by atoms with Gasteiger partial charge in [0.25, 0.3) is 5.91 Å². The molecule has 2 aliphatic heterocycles. The lowest BCUT2D eigenvalue weighted by Crippen LogP contribution is -2.48. The molecule has 2 aliphatic rings. The standard InChI is InChI=1S/C25H25N3O6/c1-3-27(13-17-15-32-19-10-6-7-11-20(19)33-17)22(29)14-28-23(30)25(2,26-24(28)31)21-12-16-8-4-5-9-18(16)34-21/h4-12,17H,3,13-15H2,1-2H3,(H,26,31)/t17-,25-/m0/s1. The van der Waals surface area contributed by atoms with E-state index in [1.54, 1.807) is 24.0 Å². The molecule has 176 valence electrons. The second-order valence-electron chi connectivity index (χ2n) is 8.52. The van der Waals surface area contributed by atoms with Gasteiger partial charge in [-0.3, -0.25) is 14.5 Å². The number of carbonyl (C=O) groups excluding carboxylic acids is 3. The molecule has 4 amide bonds. The fraction of sp³-hybridized carbons (Fsp3) is 0.320. The molecule has 9 nitrogen and oxygen atoms in total. The predicted molar refractivity (Wildman–Crippen MR) is 122 cm³/mol. The Morgan fingerprint density at radius 3 is 2.65 bits per heavy atom. The van der Waals surface area contributed by atoms with E-state index in [1.165, 1.54) is 0 Å². The number of likely N-dealkylation sites (N-methyl/N-ethyl adjacent to an activating group) is 1. The number of hydrogen-bond acceptors (Lipinski definition) is 6. The van der Waals surface area contributed by atoms with E-state index in [1.807, 2.05) is 49.4 Å². The van der Waals surface area contributed by atoms with E-state index in [-0.39, 0.29) is 25.1 Å². The molecule has 0 bridgehead atoms. The van der Waals surface area contributed by atoms with E-state index in [0.29, 0.717) is 36.0 Å². The van der Waals surface area contributed by atoms with Crippen LogP contribution in [0.25, 0.3) is 11.0 Å². The van der Waals surface area contributed by atoms with Crippen LogP contribution >= 0.6 is 0 Å². The lowest BCUT2D eigenvalue weighted by atomic mass is 9.99. The van der Waals surface area contributed by atoms with Crippen LogP contribution in [-0.4, -0.2) is 60.0 Å². The number of hydrogen-bond donors (Lipinski definition) is 1. The van der Waals surface area contributed by atoms with Crippen molar-refractivity contribution in [1.29, 1.82) is 0 Å². The summed E-state index contributed by atoms with van der Waals surface area (Å²) in [6.45, 7) is 4.00. The lowest BCUT2D eigenvalue weighted by molar-refractivity contribution is -0.139. The molecule has 0 spiro atoms. The molecule has 5 rings (SSSR count). The third-order valence-electron chi connectivity index (χ3n) is 6.21. The Kier molecular flexibility index (Phi) is 5.39. The summed E-state index contributed by atoms with van der Waals surface area (Å²) in [6.07, 6.45) is -0.359. The maximum absolute atomic E-state index is 13.3. The summed E-state index contributed by atoms with van der Waals surface area (Å²) in [5.41, 5.74) is -0.777. The molecule has 1 fully saturated rings. The highest BCUT2D eigenvalue weighted by atomic mass is 16.6. The van der Waals surface area contributed by atoms with E-state index in [2.05, 4.69) is 5.32 Å². The minimum absolute atomic E-state index is 0.272. The number of nitrogens with one attached hydrogen (secondary N) is 1. The van der Waals surface area contributed by atoms with Crippen molar-refractivity contribution in [3.05, 3.63) is 60.4 Å². The first kappa shape index (κ1) is 21.8. The van der Waals surface area contributed by atoms with Gasteiger partial charge >= 0.3 is 6.03 Å². The van der Waals surface area contributed by atoms with E-state index in [0.717, 1.165) is 10.3 Å². The van der Waals surface area contributed by atoms with Gasteiger partial charge in [0, 0.05) is 11.9 Å². The Labute approximate surface area is 196 Å². The second kappa shape index (κ2) is 8.40. The molecule has 3 heterocycles. The summed E-state index contributed by atoms with van der Waals surface area (Å²) in [7, 11) is 0. The van der Waals surface area contributed by atoms with Gasteiger partial charge in [-0.25, -0.2) is 4.79 Å². The Balaban J connectivity index is 1.28. The quantitative estimate of drug-likeness (QED) is 0.564. The first-order chi connectivity index (χ1) is 16.4. The molecule has 0 saturated carbocycles. The summed E-state index contributed by atoms with van der Waals surface area (Å²) in [5.74, 6) is 0.713. The molecule has 0 unspecified atom stereocenters. The van der Waals surface area contributed by atoms with Crippen molar-refractivity contribution in [1.82, 2.24) is 15.1 Å². The molecular formula is C25H25N3O6. The van der Waals surface area contributed by atoms with Gasteiger partial charge in [0.05, 0.1) is 6.54 Å². The van der Waals surface area contributed by atoms with Crippen LogP contribution in [0, 0.1) is 0 Å². The summed E-state index contributed by atoms with van der Waals surface area (Å²) < 4.78 is 17.5. The Morgan fingerprint density at radius 1 is 1.15 bits per heavy atom. The number of benzene rings is 2. The number of fused-ring (bicyclic) bond motifs is 2. The minimum Gasteiger partial charge on any atom is -0.486 e. The number of imide groups is 1. The molecule has 3 aromatic rings. The normalized spacial score (nSPS) is 21.6. The van der Waals surface area contributed by atoms with Gasteiger partial charge in [-0.1, -0.05) is 30.3 Å². The van der Waals surface area contributed by atoms with Crippen LogP contribution in [-0.2, 0) is 15.1 Å². The van der Waals surface area contributed by atoms with Crippen LogP contribution in [0.15, 0.2) is 59.0 Å². The molecule has 0 aliphatic carbocycles. The number of amides is 4. The topological polar surface area (TPSA) is 101 Å². The zero-order chi connectivity index (χ0) is 23.9. The summed E-state index contributed by atoms with van der Waals surface area (Å²) in [4.78, 5) is 41.5. The van der Waals surface area contributed by atoms with Gasteiger partial charge in [0.15, 0.2) is 23.1 Å². The maximum Gasteiger partial charge on any atom is 0.325 e. The number of carbonyl (C=O) groups is 3. The fourth-order valence-corrected chi connectivity index (χ4v) is 4.28. The van der Waals surface area contributed by atoms with Gasteiger partial charge in [-0.15, -0.1) is 0 Å². The number of para-hydroxylation sites is 3. The largest absolute Gasteiger partial charge is 0.486 e. The molecule has 1 saturated heterocycles. The number of rotatable bonds is 6. The van der Waals surface area contributed by atoms with E-state index >= 15 is 0 Å². The van der Waals surface area contributed by atoms with Crippen molar-refractivity contribution in [2.45, 2.75) is 25.5 Å². The van der Waals surface area contributed by atoms with Gasteiger partial charge in [-0.2, -0.15) is 0 Å². The van der Waals surface area contributed by atoms with Crippen molar-refractivity contribution in [2.24, 2.45) is 0 Å². The van der Waals surface area contributed by atoms with Gasteiger partial charge in [-0.05, 0) is 38.1 Å². The van der Waals surface area contributed by atoms with Crippen molar-refractivity contribution in [3.63, 3.8) is 0 Å². The number of nitrogens with zero attached hydrogens (tertiary/aromatic N) is 2. The van der Waals surface area contributed by atoms with Crippen LogP contribution in [0.2, 0.25) is 0 Å². The molecule has 1 N–H and O–H groups in total. The summed E-state index contributed by atoms with van der Waals surface area (Å²) in [6, 6.07) is 15.8. The average molecular weight is 463 g/mol. The number of urea groups is 1. The molecule has 9 heteroatoms. The highest BCUT2D eigenvalue weighted by molar-refractivity contribution is 6.09. The van der Waals surface area contributed by atoms with Crippen molar-refractivity contribution < 1.29 is 28.3 Å². The molecular weight excluding hydrogens is 438 g/mol. The average Bonchev–Trinajstić information content (AvgIpc) is 3.38. The second-order valence-corrected chi connectivity index (χ2v) is 8.52. The van der Waals surface area contributed by atoms with Gasteiger partial charge < -0.3 is 24.1 Å². The minimum atomic E-state index is -1.39. The Morgan fingerprint density at radius 2 is 1.88 bits per heavy atom.